The van der Waals surface area contributed by atoms with E-state index in [9.17, 15) is 9.18 Å². The molecule has 0 atom stereocenters. The molecule has 1 saturated heterocycles. The number of ether oxygens (including phenoxy) is 2. The van der Waals surface area contributed by atoms with E-state index in [1.165, 1.54) is 19.2 Å². The molecule has 104 valence electrons. The Hall–Kier alpha value is -1.62. The maximum atomic E-state index is 13.8. The summed E-state index contributed by atoms with van der Waals surface area (Å²) in [5.74, 6) is -0.403. The normalized spacial score (nSPS) is 16.5. The minimum atomic E-state index is -0.543. The molecule has 0 unspecified atom stereocenters. The second-order valence-electron chi connectivity index (χ2n) is 4.57. The van der Waals surface area contributed by atoms with E-state index in [-0.39, 0.29) is 17.6 Å². The Labute approximate surface area is 112 Å². The maximum absolute atomic E-state index is 13.8. The molecule has 0 aromatic heterocycles. The molecule has 0 N–H and O–H groups in total. The van der Waals surface area contributed by atoms with E-state index < -0.39 is 5.82 Å². The number of hydrogen-bond acceptors (Lipinski definition) is 3. The largest absolute Gasteiger partial charge is 0.497 e. The minimum absolute atomic E-state index is 0.0941. The third kappa shape index (κ3) is 3.04. The topological polar surface area (TPSA) is 38.8 Å². The van der Waals surface area contributed by atoms with Crippen molar-refractivity contribution in [1.29, 1.82) is 0 Å². The van der Waals surface area contributed by atoms with Gasteiger partial charge in [0.15, 0.2) is 0 Å². The van der Waals surface area contributed by atoms with E-state index in [1.807, 2.05) is 0 Å². The van der Waals surface area contributed by atoms with Gasteiger partial charge in [-0.05, 0) is 25.0 Å². The Balaban J connectivity index is 2.08. The summed E-state index contributed by atoms with van der Waals surface area (Å²) < 4.78 is 24.0. The van der Waals surface area contributed by atoms with Gasteiger partial charge in [-0.3, -0.25) is 4.79 Å². The second kappa shape index (κ2) is 6.02. The molecule has 19 heavy (non-hydrogen) atoms. The van der Waals surface area contributed by atoms with Crippen LogP contribution in [-0.4, -0.2) is 44.2 Å². The summed E-state index contributed by atoms with van der Waals surface area (Å²) in [5, 5.41) is 0. The Bertz CT molecular complexity index is 456. The fourth-order valence-corrected chi connectivity index (χ4v) is 2.26. The van der Waals surface area contributed by atoms with Gasteiger partial charge in [0, 0.05) is 26.3 Å². The van der Waals surface area contributed by atoms with Gasteiger partial charge in [0.2, 0.25) is 0 Å². The molecule has 1 heterocycles. The van der Waals surface area contributed by atoms with Crippen LogP contribution in [0.4, 0.5) is 4.39 Å². The van der Waals surface area contributed by atoms with E-state index in [2.05, 4.69) is 0 Å². The van der Waals surface area contributed by atoms with Gasteiger partial charge in [-0.2, -0.15) is 0 Å². The lowest BCUT2D eigenvalue weighted by Crippen LogP contribution is -2.40. The molecule has 1 fully saturated rings. The van der Waals surface area contributed by atoms with Crippen molar-refractivity contribution in [3.8, 4) is 5.75 Å². The Morgan fingerprint density at radius 3 is 2.53 bits per heavy atom. The van der Waals surface area contributed by atoms with Crippen LogP contribution in [0.3, 0.4) is 0 Å². The minimum Gasteiger partial charge on any atom is -0.497 e. The number of carbonyl (C=O) groups excluding carboxylic acids is 1. The van der Waals surface area contributed by atoms with Gasteiger partial charge in [0.25, 0.3) is 5.91 Å². The number of methoxy groups -OCH3 is 2. The highest BCUT2D eigenvalue weighted by Crippen LogP contribution is 2.20. The highest BCUT2D eigenvalue weighted by atomic mass is 19.1. The first-order valence-corrected chi connectivity index (χ1v) is 6.31. The van der Waals surface area contributed by atoms with Crippen molar-refractivity contribution in [3.63, 3.8) is 0 Å². The number of amides is 1. The lowest BCUT2D eigenvalue weighted by molar-refractivity contribution is 0.0348. The molecular weight excluding hydrogens is 249 g/mol. The summed E-state index contributed by atoms with van der Waals surface area (Å²) in [5.41, 5.74) is 0.0941. The van der Waals surface area contributed by atoms with Crippen molar-refractivity contribution < 1.29 is 18.7 Å². The Morgan fingerprint density at radius 2 is 2.00 bits per heavy atom. The van der Waals surface area contributed by atoms with Crippen molar-refractivity contribution in [1.82, 2.24) is 4.90 Å². The van der Waals surface area contributed by atoms with Gasteiger partial charge in [-0.25, -0.2) is 4.39 Å². The zero-order chi connectivity index (χ0) is 13.8. The molecule has 1 aliphatic heterocycles. The molecule has 0 bridgehead atoms. The van der Waals surface area contributed by atoms with Crippen molar-refractivity contribution in [2.45, 2.75) is 18.9 Å². The molecule has 0 aliphatic carbocycles. The van der Waals surface area contributed by atoms with Crippen LogP contribution in [0, 0.1) is 5.82 Å². The number of piperidine rings is 1. The van der Waals surface area contributed by atoms with E-state index in [1.54, 1.807) is 18.1 Å². The smallest absolute Gasteiger partial charge is 0.256 e. The highest BCUT2D eigenvalue weighted by molar-refractivity contribution is 5.94. The van der Waals surface area contributed by atoms with E-state index >= 15 is 0 Å². The number of halogens is 1. The van der Waals surface area contributed by atoms with Crippen molar-refractivity contribution >= 4 is 5.91 Å². The molecule has 0 radical (unpaired) electrons. The zero-order valence-corrected chi connectivity index (χ0v) is 11.2. The fourth-order valence-electron chi connectivity index (χ4n) is 2.26. The zero-order valence-electron chi connectivity index (χ0n) is 11.2. The summed E-state index contributed by atoms with van der Waals surface area (Å²) in [7, 11) is 3.14. The monoisotopic (exact) mass is 267 g/mol. The molecule has 2 rings (SSSR count). The average Bonchev–Trinajstić information content (AvgIpc) is 2.46. The van der Waals surface area contributed by atoms with Crippen LogP contribution in [0.1, 0.15) is 23.2 Å². The van der Waals surface area contributed by atoms with E-state index in [0.717, 1.165) is 12.8 Å². The third-order valence-electron chi connectivity index (χ3n) is 3.47. The number of likely N-dealkylation sites (tertiary alicyclic amines) is 1. The van der Waals surface area contributed by atoms with Gasteiger partial charge in [0.05, 0.1) is 18.8 Å². The lowest BCUT2D eigenvalue weighted by Gasteiger charge is -2.31. The maximum Gasteiger partial charge on any atom is 0.256 e. The Morgan fingerprint density at radius 1 is 1.32 bits per heavy atom. The fraction of sp³-hybridized carbons (Fsp3) is 0.500. The van der Waals surface area contributed by atoms with Crippen LogP contribution in [0.5, 0.6) is 5.75 Å². The first-order chi connectivity index (χ1) is 9.15. The van der Waals surface area contributed by atoms with E-state index in [4.69, 9.17) is 9.47 Å². The molecule has 4 nitrogen and oxygen atoms in total. The molecule has 1 amide bonds. The van der Waals surface area contributed by atoms with Crippen molar-refractivity contribution in [3.05, 3.63) is 29.6 Å². The predicted molar refractivity (Wildman–Crippen MR) is 68.9 cm³/mol. The van der Waals surface area contributed by atoms with Gasteiger partial charge < -0.3 is 14.4 Å². The van der Waals surface area contributed by atoms with Crippen LogP contribution in [0.15, 0.2) is 18.2 Å². The third-order valence-corrected chi connectivity index (χ3v) is 3.47. The van der Waals surface area contributed by atoms with Crippen LogP contribution in [-0.2, 0) is 4.74 Å². The average molecular weight is 267 g/mol. The summed E-state index contributed by atoms with van der Waals surface area (Å²) in [4.78, 5) is 13.9. The highest BCUT2D eigenvalue weighted by Gasteiger charge is 2.25. The number of hydrogen-bond donors (Lipinski definition) is 0. The quantitative estimate of drug-likeness (QED) is 0.841. The van der Waals surface area contributed by atoms with Gasteiger partial charge in [-0.15, -0.1) is 0 Å². The predicted octanol–water partition coefficient (Wildman–Crippen LogP) is 2.09. The van der Waals surface area contributed by atoms with Crippen LogP contribution < -0.4 is 4.74 Å². The van der Waals surface area contributed by atoms with Gasteiger partial charge >= 0.3 is 0 Å². The number of rotatable bonds is 3. The van der Waals surface area contributed by atoms with Crippen molar-refractivity contribution in [2.24, 2.45) is 0 Å². The molecule has 1 aliphatic rings. The summed E-state index contributed by atoms with van der Waals surface area (Å²) in [6.45, 7) is 1.20. The van der Waals surface area contributed by atoms with Gasteiger partial charge in [-0.1, -0.05) is 0 Å². The first-order valence-electron chi connectivity index (χ1n) is 6.31. The second-order valence-corrected chi connectivity index (χ2v) is 4.57. The number of benzene rings is 1. The number of carbonyl (C=O) groups is 1. The summed E-state index contributed by atoms with van der Waals surface area (Å²) >= 11 is 0. The molecule has 0 spiro atoms. The molecule has 0 saturated carbocycles. The van der Waals surface area contributed by atoms with E-state index in [0.29, 0.717) is 18.8 Å². The summed E-state index contributed by atoms with van der Waals surface area (Å²) in [6, 6.07) is 4.30. The summed E-state index contributed by atoms with van der Waals surface area (Å²) in [6.07, 6.45) is 1.78. The molecule has 5 heteroatoms. The molecule has 1 aromatic rings. The standard InChI is InChI=1S/C14H18FNO3/c1-18-10-5-7-16(8-6-10)14(17)12-4-3-11(19-2)9-13(12)15/h3-4,9-10H,5-8H2,1-2H3. The molecular formula is C14H18FNO3. The Kier molecular flexibility index (Phi) is 4.37. The van der Waals surface area contributed by atoms with Crippen molar-refractivity contribution in [2.75, 3.05) is 27.3 Å². The van der Waals surface area contributed by atoms with Crippen LogP contribution in [0.25, 0.3) is 0 Å². The van der Waals surface area contributed by atoms with Crippen LogP contribution in [0.2, 0.25) is 0 Å². The van der Waals surface area contributed by atoms with Crippen LogP contribution >= 0.6 is 0 Å². The first kappa shape index (κ1) is 13.8. The number of nitrogens with zero attached hydrogens (tertiary/aromatic N) is 1. The lowest BCUT2D eigenvalue weighted by atomic mass is 10.1. The SMILES string of the molecule is COc1ccc(C(=O)N2CCC(OC)CC2)c(F)c1. The van der Waals surface area contributed by atoms with Gasteiger partial charge in [0.1, 0.15) is 11.6 Å². The molecule has 1 aromatic carbocycles.